The molecule has 0 spiro atoms. The number of benzene rings is 2. The molecule has 2 aromatic carbocycles. The van der Waals surface area contributed by atoms with Crippen molar-refractivity contribution in [2.75, 3.05) is 0 Å². The third kappa shape index (κ3) is 4.98. The summed E-state index contributed by atoms with van der Waals surface area (Å²) in [6.45, 7) is 4.32. The molecule has 0 radical (unpaired) electrons. The maximum absolute atomic E-state index is 4.12. The molecule has 0 fully saturated rings. The predicted molar refractivity (Wildman–Crippen MR) is 162 cm³/mol. The normalized spacial score (nSPS) is 17.0. The molecule has 2 rings (SSSR count). The summed E-state index contributed by atoms with van der Waals surface area (Å²) >= 11 is 38.9. The third-order valence-electron chi connectivity index (χ3n) is 4.90. The third-order valence-corrected chi connectivity index (χ3v) is 20.1. The van der Waals surface area contributed by atoms with Gasteiger partial charge in [-0.3, -0.25) is 0 Å². The molecule has 0 amide bonds. The molecule has 0 saturated heterocycles. The van der Waals surface area contributed by atoms with Crippen LogP contribution in [0.15, 0.2) is 54.3 Å². The summed E-state index contributed by atoms with van der Waals surface area (Å²) in [5.74, 6) is 0. The van der Waals surface area contributed by atoms with E-state index in [-0.39, 0.29) is 0 Å². The van der Waals surface area contributed by atoms with Gasteiger partial charge in [0.1, 0.15) is 6.47 Å². The van der Waals surface area contributed by atoms with Crippen molar-refractivity contribution >= 4 is 159 Å². The van der Waals surface area contributed by atoms with Crippen LogP contribution in [0.25, 0.3) is 0 Å². The number of hydrogen-bond acceptors (Lipinski definition) is 0. The Morgan fingerprint density at radius 1 is 0.724 bits per heavy atom. The van der Waals surface area contributed by atoms with E-state index in [0.717, 1.165) is 35.4 Å². The molecule has 0 heterocycles. The fourth-order valence-electron chi connectivity index (χ4n) is 3.03. The average Bonchev–Trinajstić information content (AvgIpc) is 2.68. The highest BCUT2D eigenvalue weighted by atomic mass is 79.9. The minimum atomic E-state index is -0.668. The van der Waals surface area contributed by atoms with Gasteiger partial charge in [-0.05, 0) is 94.3 Å². The van der Waals surface area contributed by atoms with Crippen LogP contribution in [0.1, 0.15) is 31.4 Å². The summed E-state index contributed by atoms with van der Waals surface area (Å²) in [6.07, 6.45) is 0.801. The summed E-state index contributed by atoms with van der Waals surface area (Å²) in [4.78, 5) is 0. The van der Waals surface area contributed by atoms with E-state index in [2.05, 4.69) is 191 Å². The number of rotatable bonds is 6. The van der Waals surface area contributed by atoms with Gasteiger partial charge in [0.25, 0.3) is 0 Å². The van der Waals surface area contributed by atoms with E-state index in [1.165, 1.54) is 0 Å². The second-order valence-corrected chi connectivity index (χ2v) is 19.6. The molecule has 0 N–H and O–H groups in total. The zero-order valence-corrected chi connectivity index (χ0v) is 30.8. The molecule has 0 aliphatic rings. The maximum atomic E-state index is 4.12. The van der Waals surface area contributed by atoms with Crippen LogP contribution < -0.4 is 0 Å². The number of alkyl halides is 6. The van der Waals surface area contributed by atoms with Crippen molar-refractivity contribution in [3.63, 3.8) is 0 Å². The van der Waals surface area contributed by atoms with Gasteiger partial charge in [0.05, 0.1) is 8.65 Å². The van der Waals surface area contributed by atoms with Crippen LogP contribution in [0.2, 0.25) is 0 Å². The van der Waals surface area contributed by atoms with Crippen molar-refractivity contribution in [1.82, 2.24) is 0 Å². The average molecular weight is 1040 g/mol. The molecule has 10 heteroatoms. The lowest BCUT2D eigenvalue weighted by atomic mass is 9.81. The molecule has 2 aromatic rings. The minimum Gasteiger partial charge on any atom is -0.0811 e. The Labute approximate surface area is 256 Å². The quantitative estimate of drug-likeness (QED) is 0.154. The van der Waals surface area contributed by atoms with Gasteiger partial charge in [-0.1, -0.05) is 133 Å². The number of hydrogen-bond donors (Lipinski definition) is 0. The van der Waals surface area contributed by atoms with Gasteiger partial charge in [-0.15, -0.1) is 0 Å². The second-order valence-electron chi connectivity index (χ2n) is 6.52. The monoisotopic (exact) mass is 1030 g/mol. The van der Waals surface area contributed by atoms with Crippen molar-refractivity contribution in [3.05, 3.63) is 65.4 Å². The van der Waals surface area contributed by atoms with E-state index in [0.29, 0.717) is 0 Å². The van der Waals surface area contributed by atoms with Crippen LogP contribution in [0.4, 0.5) is 0 Å². The van der Waals surface area contributed by atoms with Crippen LogP contribution >= 0.6 is 159 Å². The lowest BCUT2D eigenvalue weighted by Crippen LogP contribution is -2.58. The molecule has 160 valence electrons. The van der Waals surface area contributed by atoms with E-state index < -0.39 is 15.1 Å². The molecule has 2 unspecified atom stereocenters. The van der Waals surface area contributed by atoms with Gasteiger partial charge in [0.15, 0.2) is 0 Å². The van der Waals surface area contributed by atoms with Crippen molar-refractivity contribution in [2.45, 2.75) is 35.4 Å². The number of halogens is 10. The summed E-state index contributed by atoms with van der Waals surface area (Å²) in [5.41, 5.74) is 2.12. The zero-order chi connectivity index (χ0) is 22.4. The lowest BCUT2D eigenvalue weighted by Gasteiger charge is -2.54. The molecule has 0 saturated carbocycles. The Bertz CT molecular complexity index is 892. The van der Waals surface area contributed by atoms with Gasteiger partial charge in [0.2, 0.25) is 0 Å². The van der Waals surface area contributed by atoms with Gasteiger partial charge in [-0.2, -0.15) is 0 Å². The zero-order valence-electron chi connectivity index (χ0n) is 15.0. The summed E-state index contributed by atoms with van der Waals surface area (Å²) in [5, 5.41) is 0. The van der Waals surface area contributed by atoms with Crippen molar-refractivity contribution in [3.8, 4) is 0 Å². The Morgan fingerprint density at radius 2 is 1.24 bits per heavy atom. The van der Waals surface area contributed by atoms with Gasteiger partial charge >= 0.3 is 0 Å². The molecule has 0 bridgehead atoms. The van der Waals surface area contributed by atoms with Crippen molar-refractivity contribution in [2.24, 2.45) is 0 Å². The smallest absolute Gasteiger partial charge is 0.0811 e. The Hall–Kier alpha value is 3.24. The van der Waals surface area contributed by atoms with E-state index in [1.54, 1.807) is 0 Å². The van der Waals surface area contributed by atoms with Crippen LogP contribution in [-0.2, 0) is 6.47 Å². The van der Waals surface area contributed by atoms with Crippen molar-refractivity contribution in [1.29, 1.82) is 0 Å². The molecular weight excluding hydrogens is 1030 g/mol. The Kier molecular flexibility index (Phi) is 10.3. The summed E-state index contributed by atoms with van der Waals surface area (Å²) in [6, 6.07) is 12.4. The fourth-order valence-corrected chi connectivity index (χ4v) is 11.4. The first kappa shape index (κ1) is 28.5. The lowest BCUT2D eigenvalue weighted by molar-refractivity contribution is 0.414. The molecular formula is C19H14Br10. The van der Waals surface area contributed by atoms with Gasteiger partial charge in [0, 0.05) is 17.9 Å². The Balaban J connectivity index is 2.73. The first-order chi connectivity index (χ1) is 13.2. The summed E-state index contributed by atoms with van der Waals surface area (Å²) < 4.78 is 1.47. The molecule has 0 aliphatic heterocycles. The van der Waals surface area contributed by atoms with Crippen LogP contribution in [0.5, 0.6) is 0 Å². The first-order valence-corrected chi connectivity index (χ1v) is 16.1. The second kappa shape index (κ2) is 10.5. The highest BCUT2D eigenvalue weighted by Gasteiger charge is 2.64. The topological polar surface area (TPSA) is 0 Å². The first-order valence-electron chi connectivity index (χ1n) is 8.19. The van der Waals surface area contributed by atoms with Crippen LogP contribution in [-0.4, -0.2) is 8.65 Å². The highest BCUT2D eigenvalue weighted by Crippen LogP contribution is 2.69. The molecule has 2 atom stereocenters. The predicted octanol–water partition coefficient (Wildman–Crippen LogP) is 12.0. The van der Waals surface area contributed by atoms with Gasteiger partial charge in [-0.25, -0.2) is 0 Å². The van der Waals surface area contributed by atoms with E-state index in [9.17, 15) is 0 Å². The van der Waals surface area contributed by atoms with Gasteiger partial charge < -0.3 is 0 Å². The standard InChI is InChI=1S/C19H14Br10/c1-3-17(25,18(26,27)10-7-5-4-6-8-10)16(2,24)19(28,29)11-9-12(20)14(22)15(23)13(11)21/h4-9H,3H2,1-2H3. The summed E-state index contributed by atoms with van der Waals surface area (Å²) in [7, 11) is 0. The Morgan fingerprint density at radius 3 is 1.72 bits per heavy atom. The van der Waals surface area contributed by atoms with Crippen LogP contribution in [0, 0.1) is 0 Å². The van der Waals surface area contributed by atoms with E-state index in [4.69, 9.17) is 0 Å². The molecule has 29 heavy (non-hydrogen) atoms. The largest absolute Gasteiger partial charge is 0.123 e. The molecule has 0 aliphatic carbocycles. The van der Waals surface area contributed by atoms with E-state index >= 15 is 0 Å². The molecule has 0 aromatic heterocycles. The SMILES string of the molecule is CCC(Br)(C(Br)(Br)c1ccccc1)C(C)(Br)C(Br)(Br)c1cc(Br)c(Br)c(Br)c1Br. The minimum absolute atomic E-state index is 0.493. The van der Waals surface area contributed by atoms with Crippen molar-refractivity contribution < 1.29 is 0 Å². The van der Waals surface area contributed by atoms with E-state index in [1.807, 2.05) is 18.2 Å². The molecule has 0 nitrogen and oxygen atoms in total. The highest BCUT2D eigenvalue weighted by molar-refractivity contribution is 9.26. The maximum Gasteiger partial charge on any atom is 0.123 e. The fraction of sp³-hybridized carbons (Fsp3) is 0.368. The van der Waals surface area contributed by atoms with Crippen LogP contribution in [0.3, 0.4) is 0 Å².